The van der Waals surface area contributed by atoms with Crippen molar-refractivity contribution in [2.24, 2.45) is 5.41 Å². The Balaban J connectivity index is 1.86. The largest absolute Gasteiger partial charge is 0.325 e. The molecule has 3 rings (SSSR count). The maximum Gasteiger partial charge on any atom is 0.244 e. The molecule has 1 aliphatic heterocycles. The molecule has 0 atom stereocenters. The van der Waals surface area contributed by atoms with E-state index < -0.39 is 15.4 Å². The zero-order valence-corrected chi connectivity index (χ0v) is 16.6. The predicted molar refractivity (Wildman–Crippen MR) is 104 cm³/mol. The third kappa shape index (κ3) is 4.02. The van der Waals surface area contributed by atoms with E-state index in [2.05, 4.69) is 11.4 Å². The SMILES string of the molecule is Cc1ccc(NC(=O)C2(C#N)CCCC2)cc1S(=O)(=O)N1CCCCCC1. The third-order valence-electron chi connectivity index (χ3n) is 5.73. The summed E-state index contributed by atoms with van der Waals surface area (Å²) in [6, 6.07) is 7.13. The number of carbonyl (C=O) groups excluding carboxylic acids is 1. The maximum absolute atomic E-state index is 13.1. The van der Waals surface area contributed by atoms with Gasteiger partial charge >= 0.3 is 0 Å². The van der Waals surface area contributed by atoms with Gasteiger partial charge in [0.1, 0.15) is 5.41 Å². The quantitative estimate of drug-likeness (QED) is 0.852. The van der Waals surface area contributed by atoms with Crippen LogP contribution in [0.25, 0.3) is 0 Å². The summed E-state index contributed by atoms with van der Waals surface area (Å²) in [7, 11) is -3.60. The van der Waals surface area contributed by atoms with E-state index in [4.69, 9.17) is 0 Å². The van der Waals surface area contributed by atoms with Crippen molar-refractivity contribution in [2.45, 2.75) is 63.2 Å². The number of nitriles is 1. The van der Waals surface area contributed by atoms with E-state index in [9.17, 15) is 18.5 Å². The van der Waals surface area contributed by atoms with E-state index in [-0.39, 0.29) is 10.8 Å². The number of benzene rings is 1. The van der Waals surface area contributed by atoms with Crippen molar-refractivity contribution in [2.75, 3.05) is 18.4 Å². The minimum atomic E-state index is -3.60. The lowest BCUT2D eigenvalue weighted by Gasteiger charge is -2.22. The van der Waals surface area contributed by atoms with Crippen LogP contribution in [0.15, 0.2) is 23.1 Å². The lowest BCUT2D eigenvalue weighted by Crippen LogP contribution is -2.33. The van der Waals surface area contributed by atoms with Gasteiger partial charge in [0.2, 0.25) is 15.9 Å². The van der Waals surface area contributed by atoms with Crippen LogP contribution in [0.3, 0.4) is 0 Å². The van der Waals surface area contributed by atoms with Gasteiger partial charge in [0.15, 0.2) is 0 Å². The van der Waals surface area contributed by atoms with Crippen LogP contribution in [0.4, 0.5) is 5.69 Å². The van der Waals surface area contributed by atoms with Gasteiger partial charge in [-0.25, -0.2) is 8.42 Å². The number of amides is 1. The van der Waals surface area contributed by atoms with Gasteiger partial charge in [-0.2, -0.15) is 9.57 Å². The molecule has 1 aromatic carbocycles. The minimum Gasteiger partial charge on any atom is -0.325 e. The second-order valence-corrected chi connectivity index (χ2v) is 9.56. The van der Waals surface area contributed by atoms with Crippen LogP contribution in [0.1, 0.15) is 56.9 Å². The van der Waals surface area contributed by atoms with Crippen LogP contribution in [0.5, 0.6) is 0 Å². The van der Waals surface area contributed by atoms with Crippen molar-refractivity contribution in [1.82, 2.24) is 4.31 Å². The molecule has 2 aliphatic rings. The Morgan fingerprint density at radius 1 is 1.11 bits per heavy atom. The number of hydrogen-bond donors (Lipinski definition) is 1. The van der Waals surface area contributed by atoms with Crippen LogP contribution in [-0.4, -0.2) is 31.7 Å². The summed E-state index contributed by atoms with van der Waals surface area (Å²) in [6.45, 7) is 2.84. The van der Waals surface area contributed by atoms with Gasteiger partial charge in [0, 0.05) is 18.8 Å². The molecule has 0 aromatic heterocycles. The average Bonchev–Trinajstić information content (AvgIpc) is 2.98. The first kappa shape index (κ1) is 19.8. The van der Waals surface area contributed by atoms with E-state index >= 15 is 0 Å². The van der Waals surface area contributed by atoms with Crippen molar-refractivity contribution in [1.29, 1.82) is 5.26 Å². The molecule has 0 radical (unpaired) electrons. The Labute approximate surface area is 161 Å². The van der Waals surface area contributed by atoms with Crippen molar-refractivity contribution >= 4 is 21.6 Å². The summed E-state index contributed by atoms with van der Waals surface area (Å²) in [5.74, 6) is -0.329. The molecule has 146 valence electrons. The normalized spacial score (nSPS) is 20.6. The molecule has 1 N–H and O–H groups in total. The zero-order valence-electron chi connectivity index (χ0n) is 15.8. The van der Waals surface area contributed by atoms with E-state index in [0.717, 1.165) is 38.5 Å². The highest BCUT2D eigenvalue weighted by Gasteiger charge is 2.41. The molecule has 1 aliphatic carbocycles. The summed E-state index contributed by atoms with van der Waals surface area (Å²) < 4.78 is 27.8. The molecule has 27 heavy (non-hydrogen) atoms. The number of aryl methyl sites for hydroxylation is 1. The first-order chi connectivity index (χ1) is 12.9. The number of sulfonamides is 1. The predicted octanol–water partition coefficient (Wildman–Crippen LogP) is 3.58. The molecular formula is C20H27N3O3S. The molecule has 6 nitrogen and oxygen atoms in total. The van der Waals surface area contributed by atoms with Crippen LogP contribution in [0.2, 0.25) is 0 Å². The van der Waals surface area contributed by atoms with Gasteiger partial charge in [-0.05, 0) is 50.3 Å². The molecular weight excluding hydrogens is 362 g/mol. The lowest BCUT2D eigenvalue weighted by atomic mass is 9.87. The first-order valence-electron chi connectivity index (χ1n) is 9.73. The van der Waals surface area contributed by atoms with Gasteiger partial charge in [0.05, 0.1) is 11.0 Å². The van der Waals surface area contributed by atoms with Crippen LogP contribution in [0, 0.1) is 23.7 Å². The molecule has 1 amide bonds. The lowest BCUT2D eigenvalue weighted by molar-refractivity contribution is -0.122. The first-order valence-corrected chi connectivity index (χ1v) is 11.2. The highest BCUT2D eigenvalue weighted by atomic mass is 32.2. The Morgan fingerprint density at radius 2 is 1.74 bits per heavy atom. The molecule has 1 saturated carbocycles. The van der Waals surface area contributed by atoms with E-state index in [1.165, 1.54) is 6.07 Å². The van der Waals surface area contributed by atoms with Gasteiger partial charge in [-0.1, -0.05) is 31.7 Å². The van der Waals surface area contributed by atoms with Crippen molar-refractivity contribution < 1.29 is 13.2 Å². The van der Waals surface area contributed by atoms with Crippen LogP contribution < -0.4 is 5.32 Å². The maximum atomic E-state index is 13.1. The zero-order chi connectivity index (χ0) is 19.5. The summed E-state index contributed by atoms with van der Waals surface area (Å²) in [4.78, 5) is 12.9. The molecule has 1 aromatic rings. The topological polar surface area (TPSA) is 90.3 Å². The van der Waals surface area contributed by atoms with E-state index in [0.29, 0.717) is 37.2 Å². The fourth-order valence-electron chi connectivity index (χ4n) is 4.00. The fraction of sp³-hybridized carbons (Fsp3) is 0.600. The second kappa shape index (κ2) is 7.99. The minimum absolute atomic E-state index is 0.236. The van der Waals surface area contributed by atoms with E-state index in [1.54, 1.807) is 23.4 Å². The summed E-state index contributed by atoms with van der Waals surface area (Å²) in [5.41, 5.74) is 0.1000. The summed E-state index contributed by atoms with van der Waals surface area (Å²) >= 11 is 0. The molecule has 1 heterocycles. The Hall–Kier alpha value is -1.91. The van der Waals surface area contributed by atoms with Gasteiger partial charge in [0.25, 0.3) is 0 Å². The number of carbonyl (C=O) groups is 1. The summed E-state index contributed by atoms with van der Waals surface area (Å²) in [6.07, 6.45) is 6.70. The van der Waals surface area contributed by atoms with Crippen LogP contribution in [-0.2, 0) is 14.8 Å². The molecule has 0 spiro atoms. The third-order valence-corrected chi connectivity index (χ3v) is 7.78. The Kier molecular flexibility index (Phi) is 5.87. The van der Waals surface area contributed by atoms with Crippen molar-refractivity contribution in [3.05, 3.63) is 23.8 Å². The molecule has 1 saturated heterocycles. The van der Waals surface area contributed by atoms with Crippen molar-refractivity contribution in [3.8, 4) is 6.07 Å². The molecule has 7 heteroatoms. The number of anilines is 1. The second-order valence-electron chi connectivity index (χ2n) is 7.65. The van der Waals surface area contributed by atoms with E-state index in [1.807, 2.05) is 0 Å². The smallest absolute Gasteiger partial charge is 0.244 e. The van der Waals surface area contributed by atoms with Gasteiger partial charge < -0.3 is 5.32 Å². The summed E-state index contributed by atoms with van der Waals surface area (Å²) in [5, 5.41) is 12.3. The molecule has 0 bridgehead atoms. The number of rotatable bonds is 4. The monoisotopic (exact) mass is 389 g/mol. The Morgan fingerprint density at radius 3 is 2.33 bits per heavy atom. The molecule has 2 fully saturated rings. The van der Waals surface area contributed by atoms with Crippen LogP contribution >= 0.6 is 0 Å². The average molecular weight is 390 g/mol. The van der Waals surface area contributed by atoms with Gasteiger partial charge in [-0.15, -0.1) is 0 Å². The fourth-order valence-corrected chi connectivity index (χ4v) is 5.76. The number of hydrogen-bond acceptors (Lipinski definition) is 4. The number of nitrogens with one attached hydrogen (secondary N) is 1. The highest BCUT2D eigenvalue weighted by molar-refractivity contribution is 7.89. The standard InChI is InChI=1S/C20H27N3O3S/c1-16-8-9-17(22-19(24)20(15-21)10-4-5-11-20)14-18(16)27(25,26)23-12-6-2-3-7-13-23/h8-9,14H,2-7,10-13H2,1H3,(H,22,24). The van der Waals surface area contributed by atoms with Crippen molar-refractivity contribution in [3.63, 3.8) is 0 Å². The number of nitrogens with zero attached hydrogens (tertiary/aromatic N) is 2. The highest BCUT2D eigenvalue weighted by Crippen LogP contribution is 2.38. The van der Waals surface area contributed by atoms with Gasteiger partial charge in [-0.3, -0.25) is 4.79 Å². The molecule has 0 unspecified atom stereocenters. The Bertz CT molecular complexity index is 844.